The summed E-state index contributed by atoms with van der Waals surface area (Å²) in [6, 6.07) is 15.0. The van der Waals surface area contributed by atoms with E-state index in [1.807, 2.05) is 0 Å². The molecular weight excluding hydrogens is 260 g/mol. The minimum atomic E-state index is 0.115. The fraction of sp³-hybridized carbons (Fsp3) is 0.444. The number of likely N-dealkylation sites (N-methyl/N-ethyl adjacent to an activating group) is 1. The number of hydrogen-bond donors (Lipinski definition) is 2. The van der Waals surface area contributed by atoms with Crippen LogP contribution in [0.25, 0.3) is 10.8 Å². The molecule has 0 bridgehead atoms. The van der Waals surface area contributed by atoms with Gasteiger partial charge in [-0.2, -0.15) is 0 Å². The van der Waals surface area contributed by atoms with Gasteiger partial charge in [0.05, 0.1) is 6.61 Å². The predicted molar refractivity (Wildman–Crippen MR) is 91.0 cm³/mol. The maximum absolute atomic E-state index is 9.57. The highest BCUT2D eigenvalue weighted by atomic mass is 16.3. The quantitative estimate of drug-likeness (QED) is 0.783. The Kier molecular flexibility index (Phi) is 6.03. The second-order valence-corrected chi connectivity index (χ2v) is 5.37. The lowest BCUT2D eigenvalue weighted by Crippen LogP contribution is -2.43. The summed E-state index contributed by atoms with van der Waals surface area (Å²) in [6.45, 7) is 7.17. The molecule has 0 saturated heterocycles. The third kappa shape index (κ3) is 3.96. The molecule has 0 spiro atoms. The van der Waals surface area contributed by atoms with E-state index < -0.39 is 0 Å². The van der Waals surface area contributed by atoms with Crippen molar-refractivity contribution in [3.63, 3.8) is 0 Å². The topological polar surface area (TPSA) is 35.5 Å². The predicted octanol–water partition coefficient (Wildman–Crippen LogP) is 3.03. The Bertz CT molecular complexity index is 550. The van der Waals surface area contributed by atoms with Crippen molar-refractivity contribution >= 4 is 16.5 Å². The molecule has 0 fully saturated rings. The second-order valence-electron chi connectivity index (χ2n) is 5.37. The normalized spacial score (nSPS) is 12.5. The maximum Gasteiger partial charge on any atom is 0.0601 e. The number of aliphatic hydroxyl groups is 1. The molecule has 3 nitrogen and oxygen atoms in total. The first-order valence-corrected chi connectivity index (χ1v) is 7.87. The van der Waals surface area contributed by atoms with Crippen molar-refractivity contribution in [2.45, 2.75) is 26.3 Å². The fourth-order valence-electron chi connectivity index (χ4n) is 2.68. The number of aliphatic hydroxyl groups excluding tert-OH is 1. The smallest absolute Gasteiger partial charge is 0.0601 e. The third-order valence-corrected chi connectivity index (χ3v) is 3.83. The third-order valence-electron chi connectivity index (χ3n) is 3.83. The van der Waals surface area contributed by atoms with Crippen LogP contribution >= 0.6 is 0 Å². The van der Waals surface area contributed by atoms with Gasteiger partial charge in [0.25, 0.3) is 0 Å². The Labute approximate surface area is 127 Å². The highest BCUT2D eigenvalue weighted by Gasteiger charge is 2.14. The molecule has 114 valence electrons. The van der Waals surface area contributed by atoms with Crippen LogP contribution in [0.3, 0.4) is 0 Å². The van der Waals surface area contributed by atoms with Gasteiger partial charge in [-0.05, 0) is 31.3 Å². The summed E-state index contributed by atoms with van der Waals surface area (Å²) in [5.41, 5.74) is 1.24. The Morgan fingerprint density at radius 1 is 1.10 bits per heavy atom. The van der Waals surface area contributed by atoms with Crippen LogP contribution in [0, 0.1) is 0 Å². The summed E-state index contributed by atoms with van der Waals surface area (Å²) in [4.78, 5) is 2.34. The van der Waals surface area contributed by atoms with Gasteiger partial charge in [-0.25, -0.2) is 0 Å². The van der Waals surface area contributed by atoms with Gasteiger partial charge in [-0.3, -0.25) is 0 Å². The van der Waals surface area contributed by atoms with Crippen LogP contribution in [0.1, 0.15) is 20.3 Å². The molecule has 0 aliphatic heterocycles. The summed E-state index contributed by atoms with van der Waals surface area (Å²) < 4.78 is 0. The molecule has 3 heteroatoms. The number of benzene rings is 2. The van der Waals surface area contributed by atoms with Crippen LogP contribution in [-0.4, -0.2) is 37.4 Å². The van der Waals surface area contributed by atoms with Gasteiger partial charge in [-0.1, -0.05) is 43.3 Å². The number of rotatable bonds is 8. The van der Waals surface area contributed by atoms with E-state index in [-0.39, 0.29) is 12.6 Å². The van der Waals surface area contributed by atoms with E-state index in [1.165, 1.54) is 16.5 Å². The first-order chi connectivity index (χ1) is 10.3. The molecular formula is C18H26N2O. The first kappa shape index (κ1) is 15.8. The number of nitrogens with zero attached hydrogens (tertiary/aromatic N) is 1. The molecule has 2 aromatic carbocycles. The van der Waals surface area contributed by atoms with Crippen LogP contribution in [-0.2, 0) is 0 Å². The molecule has 2 aromatic rings. The van der Waals surface area contributed by atoms with Crippen LogP contribution in [0.4, 0.5) is 5.69 Å². The van der Waals surface area contributed by atoms with E-state index in [0.29, 0.717) is 0 Å². The SMILES string of the molecule is CCCNC(CO)CN(CC)c1cccc2ccccc12. The molecule has 0 aliphatic carbocycles. The summed E-state index contributed by atoms with van der Waals surface area (Å²) in [5.74, 6) is 0. The van der Waals surface area contributed by atoms with Crippen molar-refractivity contribution in [1.82, 2.24) is 5.32 Å². The van der Waals surface area contributed by atoms with Gasteiger partial charge < -0.3 is 15.3 Å². The number of anilines is 1. The van der Waals surface area contributed by atoms with Gasteiger partial charge in [0.1, 0.15) is 0 Å². The molecule has 1 unspecified atom stereocenters. The molecule has 0 aromatic heterocycles. The lowest BCUT2D eigenvalue weighted by Gasteiger charge is -2.29. The highest BCUT2D eigenvalue weighted by molar-refractivity contribution is 5.94. The monoisotopic (exact) mass is 286 g/mol. The summed E-state index contributed by atoms with van der Waals surface area (Å²) in [5, 5.41) is 15.5. The van der Waals surface area contributed by atoms with Gasteiger partial charge in [-0.15, -0.1) is 0 Å². The summed E-state index contributed by atoms with van der Waals surface area (Å²) >= 11 is 0. The van der Waals surface area contributed by atoms with Crippen LogP contribution in [0.15, 0.2) is 42.5 Å². The largest absolute Gasteiger partial charge is 0.395 e. The van der Waals surface area contributed by atoms with E-state index >= 15 is 0 Å². The highest BCUT2D eigenvalue weighted by Crippen LogP contribution is 2.26. The van der Waals surface area contributed by atoms with Gasteiger partial charge >= 0.3 is 0 Å². The van der Waals surface area contributed by atoms with Crippen molar-refractivity contribution in [2.24, 2.45) is 0 Å². The van der Waals surface area contributed by atoms with E-state index in [1.54, 1.807) is 0 Å². The minimum Gasteiger partial charge on any atom is -0.395 e. The molecule has 0 heterocycles. The van der Waals surface area contributed by atoms with Crippen LogP contribution in [0.2, 0.25) is 0 Å². The van der Waals surface area contributed by atoms with Crippen LogP contribution in [0.5, 0.6) is 0 Å². The lowest BCUT2D eigenvalue weighted by molar-refractivity contribution is 0.244. The van der Waals surface area contributed by atoms with Gasteiger partial charge in [0.2, 0.25) is 0 Å². The van der Waals surface area contributed by atoms with Crippen molar-refractivity contribution < 1.29 is 5.11 Å². The molecule has 0 saturated carbocycles. The summed E-state index contributed by atoms with van der Waals surface area (Å²) in [7, 11) is 0. The molecule has 21 heavy (non-hydrogen) atoms. The Morgan fingerprint density at radius 2 is 1.86 bits per heavy atom. The first-order valence-electron chi connectivity index (χ1n) is 7.87. The minimum absolute atomic E-state index is 0.115. The summed E-state index contributed by atoms with van der Waals surface area (Å²) in [6.07, 6.45) is 1.08. The van der Waals surface area contributed by atoms with Crippen molar-refractivity contribution in [3.8, 4) is 0 Å². The Balaban J connectivity index is 2.22. The second kappa shape index (κ2) is 8.01. The van der Waals surface area contributed by atoms with Crippen LogP contribution < -0.4 is 10.2 Å². The van der Waals surface area contributed by atoms with E-state index in [9.17, 15) is 5.11 Å². The van der Waals surface area contributed by atoms with Gasteiger partial charge in [0.15, 0.2) is 0 Å². The number of hydrogen-bond acceptors (Lipinski definition) is 3. The standard InChI is InChI=1S/C18H26N2O/c1-3-12-19-16(14-21)13-20(4-2)18-11-7-9-15-8-5-6-10-17(15)18/h5-11,16,19,21H,3-4,12-14H2,1-2H3. The lowest BCUT2D eigenvalue weighted by atomic mass is 10.1. The molecule has 1 atom stereocenters. The molecule has 0 amide bonds. The zero-order valence-electron chi connectivity index (χ0n) is 13.0. The maximum atomic E-state index is 9.57. The zero-order valence-corrected chi connectivity index (χ0v) is 13.0. The molecule has 0 radical (unpaired) electrons. The van der Waals surface area contributed by atoms with Crippen molar-refractivity contribution in [1.29, 1.82) is 0 Å². The van der Waals surface area contributed by atoms with Crippen molar-refractivity contribution in [2.75, 3.05) is 31.1 Å². The number of fused-ring (bicyclic) bond motifs is 1. The van der Waals surface area contributed by atoms with Gasteiger partial charge in [0, 0.05) is 30.2 Å². The molecule has 2 rings (SSSR count). The fourth-order valence-corrected chi connectivity index (χ4v) is 2.68. The van der Waals surface area contributed by atoms with Crippen molar-refractivity contribution in [3.05, 3.63) is 42.5 Å². The van der Waals surface area contributed by atoms with E-state index in [4.69, 9.17) is 0 Å². The van der Waals surface area contributed by atoms with E-state index in [0.717, 1.165) is 26.1 Å². The Morgan fingerprint density at radius 3 is 2.57 bits per heavy atom. The molecule has 0 aliphatic rings. The number of nitrogens with one attached hydrogen (secondary N) is 1. The Hall–Kier alpha value is -1.58. The average Bonchev–Trinajstić information content (AvgIpc) is 2.55. The average molecular weight is 286 g/mol. The zero-order chi connectivity index (χ0) is 15.1. The molecule has 2 N–H and O–H groups in total. The van der Waals surface area contributed by atoms with E-state index in [2.05, 4.69) is 66.5 Å².